The van der Waals surface area contributed by atoms with Crippen molar-refractivity contribution in [3.8, 4) is 11.4 Å². The molecule has 136 valence electrons. The Kier molecular flexibility index (Phi) is 5.49. The van der Waals surface area contributed by atoms with Crippen LogP contribution in [0.4, 0.5) is 0 Å². The third kappa shape index (κ3) is 4.56. The van der Waals surface area contributed by atoms with Crippen LogP contribution in [0.1, 0.15) is 17.0 Å². The molecule has 0 bridgehead atoms. The van der Waals surface area contributed by atoms with Gasteiger partial charge in [0.15, 0.2) is 0 Å². The number of nitrogens with zero attached hydrogens (tertiary/aromatic N) is 3. The maximum absolute atomic E-state index is 12.1. The Hall–Kier alpha value is -2.51. The van der Waals surface area contributed by atoms with E-state index in [1.807, 2.05) is 61.5 Å². The van der Waals surface area contributed by atoms with Crippen LogP contribution in [0.3, 0.4) is 0 Å². The summed E-state index contributed by atoms with van der Waals surface area (Å²) in [6.45, 7) is 2.38. The fourth-order valence-corrected chi connectivity index (χ4v) is 3.43. The van der Waals surface area contributed by atoms with E-state index in [2.05, 4.69) is 10.1 Å². The lowest BCUT2D eigenvalue weighted by Gasteiger charge is -2.17. The van der Waals surface area contributed by atoms with Gasteiger partial charge in [0.05, 0.1) is 12.8 Å². The van der Waals surface area contributed by atoms with Gasteiger partial charge in [-0.1, -0.05) is 59.8 Å². The Morgan fingerprint density at radius 3 is 2.42 bits per heavy atom. The number of sulfonamides is 1. The third-order valence-corrected chi connectivity index (χ3v) is 5.38. The molecule has 0 fully saturated rings. The van der Waals surface area contributed by atoms with Crippen LogP contribution >= 0.6 is 0 Å². The molecule has 1 heterocycles. The second-order valence-electron chi connectivity index (χ2n) is 6.16. The summed E-state index contributed by atoms with van der Waals surface area (Å²) < 4.78 is 30.9. The minimum absolute atomic E-state index is 0.0601. The molecule has 0 N–H and O–H groups in total. The molecule has 3 aromatic rings. The van der Waals surface area contributed by atoms with Crippen molar-refractivity contribution < 1.29 is 12.9 Å². The van der Waals surface area contributed by atoms with E-state index in [9.17, 15) is 8.42 Å². The number of rotatable bonds is 7. The Labute approximate surface area is 153 Å². The summed E-state index contributed by atoms with van der Waals surface area (Å²) in [6.07, 6.45) is 1.81. The molecule has 2 aromatic carbocycles. The molecule has 0 unspecified atom stereocenters. The molecule has 6 nitrogen and oxygen atoms in total. The highest BCUT2D eigenvalue weighted by Gasteiger charge is 2.21. The summed E-state index contributed by atoms with van der Waals surface area (Å²) in [6, 6.07) is 17.5. The summed E-state index contributed by atoms with van der Waals surface area (Å²) in [7, 11) is -3.39. The lowest BCUT2D eigenvalue weighted by molar-refractivity contribution is 0.318. The Bertz CT molecular complexity index is 968. The SMILES string of the molecule is Cc1ccccc1-c1noc(CN(CCc2ccccc2)S(C)(=O)=O)n1. The first-order chi connectivity index (χ1) is 12.4. The minimum Gasteiger partial charge on any atom is -0.338 e. The highest BCUT2D eigenvalue weighted by atomic mass is 32.2. The van der Waals surface area contributed by atoms with Gasteiger partial charge in [0.25, 0.3) is 0 Å². The van der Waals surface area contributed by atoms with Crippen LogP contribution in [0.25, 0.3) is 11.4 Å². The van der Waals surface area contributed by atoms with Gasteiger partial charge in [0.2, 0.25) is 21.7 Å². The fourth-order valence-electron chi connectivity index (χ4n) is 2.66. The van der Waals surface area contributed by atoms with Crippen LogP contribution in [0.5, 0.6) is 0 Å². The van der Waals surface area contributed by atoms with Gasteiger partial charge in [0, 0.05) is 12.1 Å². The van der Waals surface area contributed by atoms with Gasteiger partial charge in [0.1, 0.15) is 0 Å². The second-order valence-corrected chi connectivity index (χ2v) is 8.14. The van der Waals surface area contributed by atoms with Crippen molar-refractivity contribution in [1.29, 1.82) is 0 Å². The first-order valence-corrected chi connectivity index (χ1v) is 10.2. The maximum atomic E-state index is 12.1. The zero-order valence-electron chi connectivity index (χ0n) is 14.8. The van der Waals surface area contributed by atoms with E-state index < -0.39 is 10.0 Å². The molecule has 0 atom stereocenters. The zero-order valence-corrected chi connectivity index (χ0v) is 15.6. The molecule has 0 saturated carbocycles. The monoisotopic (exact) mass is 371 g/mol. The molecule has 7 heteroatoms. The molecular weight excluding hydrogens is 350 g/mol. The molecule has 0 radical (unpaired) electrons. The normalized spacial score (nSPS) is 11.8. The van der Waals surface area contributed by atoms with Gasteiger partial charge in [-0.3, -0.25) is 0 Å². The summed E-state index contributed by atoms with van der Waals surface area (Å²) in [5.41, 5.74) is 2.98. The van der Waals surface area contributed by atoms with Crippen LogP contribution < -0.4 is 0 Å². The highest BCUT2D eigenvalue weighted by Crippen LogP contribution is 2.20. The highest BCUT2D eigenvalue weighted by molar-refractivity contribution is 7.88. The summed E-state index contributed by atoms with van der Waals surface area (Å²) in [5, 5.41) is 3.99. The van der Waals surface area contributed by atoms with Crippen molar-refractivity contribution in [2.45, 2.75) is 19.9 Å². The Morgan fingerprint density at radius 1 is 1.04 bits per heavy atom. The fraction of sp³-hybridized carbons (Fsp3) is 0.263. The van der Waals surface area contributed by atoms with E-state index in [4.69, 9.17) is 4.52 Å². The summed E-state index contributed by atoms with van der Waals surface area (Å²) >= 11 is 0. The zero-order chi connectivity index (χ0) is 18.6. The van der Waals surface area contributed by atoms with Gasteiger partial charge < -0.3 is 4.52 Å². The Balaban J connectivity index is 1.75. The van der Waals surface area contributed by atoms with E-state index in [-0.39, 0.29) is 12.4 Å². The van der Waals surface area contributed by atoms with Gasteiger partial charge >= 0.3 is 0 Å². The second kappa shape index (κ2) is 7.80. The molecular formula is C19H21N3O3S. The lowest BCUT2D eigenvalue weighted by atomic mass is 10.1. The predicted molar refractivity (Wildman–Crippen MR) is 99.9 cm³/mol. The van der Waals surface area contributed by atoms with Crippen LogP contribution in [-0.4, -0.2) is 35.7 Å². The van der Waals surface area contributed by atoms with Crippen molar-refractivity contribution in [2.24, 2.45) is 0 Å². The van der Waals surface area contributed by atoms with E-state index >= 15 is 0 Å². The molecule has 0 saturated heterocycles. The number of aromatic nitrogens is 2. The summed E-state index contributed by atoms with van der Waals surface area (Å²) in [5.74, 6) is 0.747. The van der Waals surface area contributed by atoms with Gasteiger partial charge in [-0.2, -0.15) is 9.29 Å². The molecule has 3 rings (SSSR count). The van der Waals surface area contributed by atoms with E-state index in [1.165, 1.54) is 10.6 Å². The first-order valence-electron chi connectivity index (χ1n) is 8.31. The smallest absolute Gasteiger partial charge is 0.242 e. The average molecular weight is 371 g/mol. The largest absolute Gasteiger partial charge is 0.338 e. The van der Waals surface area contributed by atoms with Crippen LogP contribution in [0.15, 0.2) is 59.1 Å². The maximum Gasteiger partial charge on any atom is 0.242 e. The number of hydrogen-bond donors (Lipinski definition) is 0. The molecule has 26 heavy (non-hydrogen) atoms. The van der Waals surface area contributed by atoms with Gasteiger partial charge in [-0.25, -0.2) is 8.42 Å². The number of hydrogen-bond acceptors (Lipinski definition) is 5. The van der Waals surface area contributed by atoms with Crippen LogP contribution in [-0.2, 0) is 23.0 Å². The van der Waals surface area contributed by atoms with Crippen LogP contribution in [0.2, 0.25) is 0 Å². The third-order valence-electron chi connectivity index (χ3n) is 4.13. The van der Waals surface area contributed by atoms with Crippen molar-refractivity contribution >= 4 is 10.0 Å². The van der Waals surface area contributed by atoms with Crippen LogP contribution in [0, 0.1) is 6.92 Å². The predicted octanol–water partition coefficient (Wildman–Crippen LogP) is 3.05. The quantitative estimate of drug-likeness (QED) is 0.638. The molecule has 0 aliphatic rings. The minimum atomic E-state index is -3.39. The van der Waals surface area contributed by atoms with E-state index in [1.54, 1.807) is 0 Å². The molecule has 0 spiro atoms. The topological polar surface area (TPSA) is 76.3 Å². The van der Waals surface area contributed by atoms with Gasteiger partial charge in [-0.15, -0.1) is 0 Å². The Morgan fingerprint density at radius 2 is 1.73 bits per heavy atom. The molecule has 1 aromatic heterocycles. The van der Waals surface area contributed by atoms with Crippen molar-refractivity contribution in [1.82, 2.24) is 14.4 Å². The lowest BCUT2D eigenvalue weighted by Crippen LogP contribution is -2.31. The first kappa shape index (κ1) is 18.3. The molecule has 0 amide bonds. The molecule has 0 aliphatic heterocycles. The van der Waals surface area contributed by atoms with E-state index in [0.29, 0.717) is 18.8 Å². The average Bonchev–Trinajstić information content (AvgIpc) is 3.07. The van der Waals surface area contributed by atoms with E-state index in [0.717, 1.165) is 16.7 Å². The standard InChI is InChI=1S/C19H21N3O3S/c1-15-8-6-7-11-17(15)19-20-18(25-21-19)14-22(26(2,23)24)13-12-16-9-4-3-5-10-16/h3-11H,12-14H2,1-2H3. The number of benzene rings is 2. The van der Waals surface area contributed by atoms with Gasteiger partial charge in [-0.05, 0) is 24.5 Å². The van der Waals surface area contributed by atoms with Crippen molar-refractivity contribution in [3.05, 3.63) is 71.6 Å². The van der Waals surface area contributed by atoms with Crippen molar-refractivity contribution in [2.75, 3.05) is 12.8 Å². The molecule has 0 aliphatic carbocycles. The van der Waals surface area contributed by atoms with Crippen molar-refractivity contribution in [3.63, 3.8) is 0 Å². The number of aryl methyl sites for hydroxylation is 1. The summed E-state index contributed by atoms with van der Waals surface area (Å²) in [4.78, 5) is 4.37.